The first-order valence-corrected chi connectivity index (χ1v) is 5.31. The molecule has 0 aliphatic heterocycles. The first-order chi connectivity index (χ1) is 6.25. The molecule has 74 valence electrons. The van der Waals surface area contributed by atoms with Gasteiger partial charge in [-0.3, -0.25) is 10.2 Å². The molecule has 2 aliphatic rings. The van der Waals surface area contributed by atoms with Gasteiger partial charge in [0.25, 0.3) is 0 Å². The van der Waals surface area contributed by atoms with Crippen LogP contribution < -0.4 is 10.9 Å². The van der Waals surface area contributed by atoms with Gasteiger partial charge in [0.2, 0.25) is 5.91 Å². The lowest BCUT2D eigenvalue weighted by atomic mass is 10.2. The zero-order valence-corrected chi connectivity index (χ0v) is 8.18. The van der Waals surface area contributed by atoms with E-state index < -0.39 is 0 Å². The van der Waals surface area contributed by atoms with E-state index in [4.69, 9.17) is 0 Å². The summed E-state index contributed by atoms with van der Waals surface area (Å²) in [5.74, 6) is 1.41. The maximum absolute atomic E-state index is 11.2. The summed E-state index contributed by atoms with van der Waals surface area (Å²) >= 11 is 0. The Morgan fingerprint density at radius 1 is 1.38 bits per heavy atom. The van der Waals surface area contributed by atoms with Gasteiger partial charge in [0.1, 0.15) is 0 Å². The molecule has 1 unspecified atom stereocenters. The highest BCUT2D eigenvalue weighted by Crippen LogP contribution is 2.33. The number of hydrogen-bond acceptors (Lipinski definition) is 2. The van der Waals surface area contributed by atoms with E-state index in [0.717, 1.165) is 18.8 Å². The highest BCUT2D eigenvalue weighted by molar-refractivity contribution is 5.80. The molecule has 3 nitrogen and oxygen atoms in total. The third-order valence-electron chi connectivity index (χ3n) is 2.77. The zero-order chi connectivity index (χ0) is 9.26. The molecule has 0 radical (unpaired) electrons. The fourth-order valence-electron chi connectivity index (χ4n) is 1.55. The first kappa shape index (κ1) is 9.00. The smallest absolute Gasteiger partial charge is 0.237 e. The van der Waals surface area contributed by atoms with Gasteiger partial charge in [-0.2, -0.15) is 0 Å². The molecule has 3 heteroatoms. The average Bonchev–Trinajstić information content (AvgIpc) is 2.90. The lowest BCUT2D eigenvalue weighted by molar-refractivity contribution is -0.123. The van der Waals surface area contributed by atoms with Crippen molar-refractivity contribution in [2.75, 3.05) is 0 Å². The Morgan fingerprint density at radius 2 is 2.08 bits per heavy atom. The van der Waals surface area contributed by atoms with Crippen LogP contribution in [0.5, 0.6) is 0 Å². The van der Waals surface area contributed by atoms with Crippen LogP contribution in [0.15, 0.2) is 0 Å². The van der Waals surface area contributed by atoms with Crippen molar-refractivity contribution in [3.8, 4) is 0 Å². The average molecular weight is 182 g/mol. The summed E-state index contributed by atoms with van der Waals surface area (Å²) in [7, 11) is 0. The molecule has 2 N–H and O–H groups in total. The van der Waals surface area contributed by atoms with Gasteiger partial charge in [-0.05, 0) is 32.1 Å². The summed E-state index contributed by atoms with van der Waals surface area (Å²) in [5, 5.41) is 0. The summed E-state index contributed by atoms with van der Waals surface area (Å²) in [6.45, 7) is 2.13. The first-order valence-electron chi connectivity index (χ1n) is 5.31. The van der Waals surface area contributed by atoms with Gasteiger partial charge in [-0.15, -0.1) is 0 Å². The van der Waals surface area contributed by atoms with Crippen LogP contribution in [0, 0.1) is 11.8 Å². The minimum Gasteiger partial charge on any atom is -0.291 e. The minimum absolute atomic E-state index is 0.183. The molecule has 2 aliphatic carbocycles. The molecule has 13 heavy (non-hydrogen) atoms. The van der Waals surface area contributed by atoms with E-state index in [9.17, 15) is 4.79 Å². The molecule has 1 amide bonds. The van der Waals surface area contributed by atoms with E-state index in [-0.39, 0.29) is 5.91 Å². The molecule has 0 spiro atoms. The second-order valence-electron chi connectivity index (χ2n) is 4.49. The van der Waals surface area contributed by atoms with Crippen LogP contribution in [-0.2, 0) is 4.79 Å². The van der Waals surface area contributed by atoms with Gasteiger partial charge in [-0.1, -0.05) is 12.8 Å². The van der Waals surface area contributed by atoms with Crippen molar-refractivity contribution in [1.29, 1.82) is 0 Å². The Bertz CT molecular complexity index is 197. The zero-order valence-electron chi connectivity index (χ0n) is 8.18. The second kappa shape index (κ2) is 3.66. The normalized spacial score (nSPS) is 24.1. The predicted octanol–water partition coefficient (Wildman–Crippen LogP) is 1.21. The molecule has 0 bridgehead atoms. The van der Waals surface area contributed by atoms with Gasteiger partial charge in [-0.25, -0.2) is 5.43 Å². The second-order valence-corrected chi connectivity index (χ2v) is 4.49. The number of nitrogens with one attached hydrogen (secondary N) is 2. The molecule has 0 aromatic rings. The number of hydrogen-bond donors (Lipinski definition) is 2. The maximum Gasteiger partial charge on any atom is 0.237 e. The van der Waals surface area contributed by atoms with Crippen molar-refractivity contribution in [2.24, 2.45) is 11.8 Å². The summed E-state index contributed by atoms with van der Waals surface area (Å²) in [4.78, 5) is 11.2. The number of carbonyl (C=O) groups excluding carboxylic acids is 1. The lowest BCUT2D eigenvalue weighted by Crippen LogP contribution is -2.43. The van der Waals surface area contributed by atoms with Crippen LogP contribution in [0.3, 0.4) is 0 Å². The number of rotatable bonds is 5. The molecular formula is C10H18N2O. The fraction of sp³-hybridized carbons (Fsp3) is 0.900. The van der Waals surface area contributed by atoms with Crippen LogP contribution >= 0.6 is 0 Å². The molecule has 0 aromatic carbocycles. The molecule has 0 aromatic heterocycles. The fourth-order valence-corrected chi connectivity index (χ4v) is 1.55. The Kier molecular flexibility index (Phi) is 2.54. The number of carbonyl (C=O) groups is 1. The van der Waals surface area contributed by atoms with Crippen molar-refractivity contribution >= 4 is 5.91 Å². The molecular weight excluding hydrogens is 164 g/mol. The van der Waals surface area contributed by atoms with Crippen LogP contribution in [0.25, 0.3) is 0 Å². The van der Waals surface area contributed by atoms with Crippen LogP contribution in [0.4, 0.5) is 0 Å². The third kappa shape index (κ3) is 2.99. The van der Waals surface area contributed by atoms with E-state index in [1.807, 2.05) is 0 Å². The van der Waals surface area contributed by atoms with Crippen molar-refractivity contribution < 1.29 is 4.79 Å². The Balaban J connectivity index is 1.57. The van der Waals surface area contributed by atoms with Crippen molar-refractivity contribution in [3.63, 3.8) is 0 Å². The van der Waals surface area contributed by atoms with Gasteiger partial charge in [0.05, 0.1) is 0 Å². The van der Waals surface area contributed by atoms with Crippen LogP contribution in [0.2, 0.25) is 0 Å². The molecule has 0 heterocycles. The van der Waals surface area contributed by atoms with Gasteiger partial charge >= 0.3 is 0 Å². The largest absolute Gasteiger partial charge is 0.291 e. The SMILES string of the molecule is CC(CC1CC1)NNC(=O)C1CC1. The summed E-state index contributed by atoms with van der Waals surface area (Å²) < 4.78 is 0. The minimum atomic E-state index is 0.183. The topological polar surface area (TPSA) is 41.1 Å². The molecule has 2 saturated carbocycles. The molecule has 2 rings (SSSR count). The van der Waals surface area contributed by atoms with Gasteiger partial charge < -0.3 is 0 Å². The monoisotopic (exact) mass is 182 g/mol. The van der Waals surface area contributed by atoms with E-state index in [0.29, 0.717) is 12.0 Å². The van der Waals surface area contributed by atoms with Crippen molar-refractivity contribution in [1.82, 2.24) is 10.9 Å². The van der Waals surface area contributed by atoms with Crippen molar-refractivity contribution in [3.05, 3.63) is 0 Å². The number of hydrazine groups is 1. The van der Waals surface area contributed by atoms with Crippen LogP contribution in [0.1, 0.15) is 39.0 Å². The molecule has 1 atom stereocenters. The Morgan fingerprint density at radius 3 is 2.62 bits per heavy atom. The highest BCUT2D eigenvalue weighted by Gasteiger charge is 2.30. The van der Waals surface area contributed by atoms with E-state index >= 15 is 0 Å². The summed E-state index contributed by atoms with van der Waals surface area (Å²) in [6.07, 6.45) is 6.10. The van der Waals surface area contributed by atoms with E-state index in [2.05, 4.69) is 17.8 Å². The van der Waals surface area contributed by atoms with E-state index in [1.54, 1.807) is 0 Å². The van der Waals surface area contributed by atoms with Crippen molar-refractivity contribution in [2.45, 2.75) is 45.1 Å². The summed E-state index contributed by atoms with van der Waals surface area (Å²) in [5.41, 5.74) is 5.86. The van der Waals surface area contributed by atoms with Gasteiger partial charge in [0.15, 0.2) is 0 Å². The highest BCUT2D eigenvalue weighted by atomic mass is 16.2. The standard InChI is InChI=1S/C10H18N2O/c1-7(6-8-2-3-8)11-12-10(13)9-4-5-9/h7-9,11H,2-6H2,1H3,(H,12,13). The molecule has 2 fully saturated rings. The summed E-state index contributed by atoms with van der Waals surface area (Å²) in [6, 6.07) is 0.426. The van der Waals surface area contributed by atoms with E-state index in [1.165, 1.54) is 19.3 Å². The lowest BCUT2D eigenvalue weighted by Gasteiger charge is -2.13. The Labute approximate surface area is 79.2 Å². The molecule has 0 saturated heterocycles. The quantitative estimate of drug-likeness (QED) is 0.627. The third-order valence-corrected chi connectivity index (χ3v) is 2.77. The number of amides is 1. The van der Waals surface area contributed by atoms with Gasteiger partial charge in [0, 0.05) is 12.0 Å². The van der Waals surface area contributed by atoms with Crippen LogP contribution in [-0.4, -0.2) is 11.9 Å². The maximum atomic E-state index is 11.2. The Hall–Kier alpha value is -0.570. The predicted molar refractivity (Wildman–Crippen MR) is 50.8 cm³/mol.